The van der Waals surface area contributed by atoms with Gasteiger partial charge in [-0.2, -0.15) is 0 Å². The van der Waals surface area contributed by atoms with E-state index in [1.54, 1.807) is 12.1 Å². The lowest BCUT2D eigenvalue weighted by Gasteiger charge is -2.11. The number of aryl methyl sites for hydroxylation is 1. The Morgan fingerprint density at radius 1 is 1.40 bits per heavy atom. The van der Waals surface area contributed by atoms with Crippen LogP contribution in [0.4, 0.5) is 15.8 Å². The maximum Gasteiger partial charge on any atom is 0.258 e. The fraction of sp³-hybridized carbons (Fsp3) is 0.0714. The second kappa shape index (κ2) is 5.81. The van der Waals surface area contributed by atoms with Gasteiger partial charge in [0, 0.05) is 10.2 Å². The van der Waals surface area contributed by atoms with E-state index in [0.717, 1.165) is 5.56 Å². The number of hydrogen-bond acceptors (Lipinski definition) is 2. The molecule has 1 amide bonds. The van der Waals surface area contributed by atoms with Crippen LogP contribution in [0.25, 0.3) is 0 Å². The Balaban J connectivity index is 2.33. The van der Waals surface area contributed by atoms with Gasteiger partial charge in [0.25, 0.3) is 5.91 Å². The fourth-order valence-corrected chi connectivity index (χ4v) is 2.39. The first kappa shape index (κ1) is 14.8. The number of carbonyl (C=O) groups excluding carboxylic acids is 1. The van der Waals surface area contributed by atoms with Crippen molar-refractivity contribution in [3.8, 4) is 0 Å². The molecule has 0 aliphatic carbocycles. The van der Waals surface area contributed by atoms with Crippen molar-refractivity contribution in [2.45, 2.75) is 6.92 Å². The molecule has 3 N–H and O–H groups in total. The number of nitrogen functional groups attached to an aromatic ring is 1. The Bertz CT molecular complexity index is 691. The zero-order chi connectivity index (χ0) is 14.9. The lowest BCUT2D eigenvalue weighted by Crippen LogP contribution is -2.14. The summed E-state index contributed by atoms with van der Waals surface area (Å²) in [5.74, 6) is -1.34. The standard InChI is InChI=1S/C14H11BrClFN2O/c1-7-5-9(15)12(6-11(7)18)19-14(20)8-3-2-4-10(16)13(8)17/h2-6H,18H2,1H3,(H,19,20). The molecule has 3 nitrogen and oxygen atoms in total. The Morgan fingerprint density at radius 2 is 2.10 bits per heavy atom. The smallest absolute Gasteiger partial charge is 0.258 e. The number of hydrogen-bond donors (Lipinski definition) is 2. The number of amides is 1. The van der Waals surface area contributed by atoms with Crippen molar-refractivity contribution in [3.63, 3.8) is 0 Å². The van der Waals surface area contributed by atoms with Gasteiger partial charge in [-0.15, -0.1) is 0 Å². The second-order valence-electron chi connectivity index (χ2n) is 4.24. The molecule has 0 saturated heterocycles. The molecule has 0 radical (unpaired) electrons. The molecular formula is C14H11BrClFN2O. The molecule has 0 spiro atoms. The van der Waals surface area contributed by atoms with Gasteiger partial charge >= 0.3 is 0 Å². The Hall–Kier alpha value is -1.59. The highest BCUT2D eigenvalue weighted by Crippen LogP contribution is 2.28. The molecule has 0 aromatic heterocycles. The molecule has 0 unspecified atom stereocenters. The van der Waals surface area contributed by atoms with E-state index < -0.39 is 11.7 Å². The molecule has 0 fully saturated rings. The van der Waals surface area contributed by atoms with Crippen LogP contribution in [0.2, 0.25) is 5.02 Å². The largest absolute Gasteiger partial charge is 0.398 e. The Morgan fingerprint density at radius 3 is 2.80 bits per heavy atom. The van der Waals surface area contributed by atoms with E-state index in [1.165, 1.54) is 18.2 Å². The van der Waals surface area contributed by atoms with E-state index in [2.05, 4.69) is 21.2 Å². The molecule has 20 heavy (non-hydrogen) atoms. The monoisotopic (exact) mass is 356 g/mol. The van der Waals surface area contributed by atoms with Crippen LogP contribution in [0.15, 0.2) is 34.8 Å². The minimum absolute atomic E-state index is 0.0971. The van der Waals surface area contributed by atoms with Crippen molar-refractivity contribution in [2.75, 3.05) is 11.1 Å². The number of carbonyl (C=O) groups is 1. The summed E-state index contributed by atoms with van der Waals surface area (Å²) in [6, 6.07) is 7.65. The number of anilines is 2. The van der Waals surface area contributed by atoms with Gasteiger partial charge in [0.15, 0.2) is 5.82 Å². The van der Waals surface area contributed by atoms with Gasteiger partial charge in [0.2, 0.25) is 0 Å². The molecule has 0 saturated carbocycles. The quantitative estimate of drug-likeness (QED) is 0.783. The van der Waals surface area contributed by atoms with E-state index in [1.807, 2.05) is 6.92 Å². The van der Waals surface area contributed by atoms with E-state index in [4.69, 9.17) is 17.3 Å². The maximum absolute atomic E-state index is 13.8. The number of halogens is 3. The second-order valence-corrected chi connectivity index (χ2v) is 5.51. The van der Waals surface area contributed by atoms with Crippen LogP contribution in [0, 0.1) is 12.7 Å². The molecule has 0 atom stereocenters. The molecule has 0 bridgehead atoms. The first-order valence-corrected chi connectivity index (χ1v) is 6.88. The summed E-state index contributed by atoms with van der Waals surface area (Å²) in [6.07, 6.45) is 0. The molecule has 2 aromatic rings. The predicted octanol–water partition coefficient (Wildman–Crippen LogP) is 4.38. The van der Waals surface area contributed by atoms with Gasteiger partial charge in [-0.05, 0) is 52.7 Å². The van der Waals surface area contributed by atoms with Crippen LogP contribution in [-0.4, -0.2) is 5.91 Å². The summed E-state index contributed by atoms with van der Waals surface area (Å²) in [5.41, 5.74) is 7.55. The fourth-order valence-electron chi connectivity index (χ4n) is 1.65. The molecule has 0 aliphatic rings. The van der Waals surface area contributed by atoms with Crippen LogP contribution in [0.3, 0.4) is 0 Å². The van der Waals surface area contributed by atoms with Crippen LogP contribution in [-0.2, 0) is 0 Å². The number of nitrogens with one attached hydrogen (secondary N) is 1. The average Bonchev–Trinajstić information content (AvgIpc) is 2.39. The maximum atomic E-state index is 13.8. The van der Waals surface area contributed by atoms with Crippen molar-refractivity contribution in [1.29, 1.82) is 0 Å². The molecule has 6 heteroatoms. The van der Waals surface area contributed by atoms with Gasteiger partial charge in [0.1, 0.15) is 0 Å². The van der Waals surface area contributed by atoms with E-state index >= 15 is 0 Å². The van der Waals surface area contributed by atoms with Gasteiger partial charge < -0.3 is 11.1 Å². The third-order valence-electron chi connectivity index (χ3n) is 2.80. The predicted molar refractivity (Wildman–Crippen MR) is 82.7 cm³/mol. The zero-order valence-electron chi connectivity index (χ0n) is 10.5. The number of rotatable bonds is 2. The molecule has 2 rings (SSSR count). The highest BCUT2D eigenvalue weighted by atomic mass is 79.9. The summed E-state index contributed by atoms with van der Waals surface area (Å²) >= 11 is 8.98. The van der Waals surface area contributed by atoms with Crippen molar-refractivity contribution >= 4 is 44.8 Å². The topological polar surface area (TPSA) is 55.1 Å². The van der Waals surface area contributed by atoms with Gasteiger partial charge in [-0.25, -0.2) is 4.39 Å². The van der Waals surface area contributed by atoms with Crippen molar-refractivity contribution in [1.82, 2.24) is 0 Å². The summed E-state index contributed by atoms with van der Waals surface area (Å²) in [5, 5.41) is 2.50. The molecule has 104 valence electrons. The first-order chi connectivity index (χ1) is 9.40. The third-order valence-corrected chi connectivity index (χ3v) is 3.75. The summed E-state index contributed by atoms with van der Waals surface area (Å²) in [7, 11) is 0. The average molecular weight is 358 g/mol. The van der Waals surface area contributed by atoms with Crippen LogP contribution in [0.5, 0.6) is 0 Å². The lowest BCUT2D eigenvalue weighted by molar-refractivity contribution is 0.102. The van der Waals surface area contributed by atoms with Crippen LogP contribution < -0.4 is 11.1 Å². The van der Waals surface area contributed by atoms with Crippen LogP contribution in [0.1, 0.15) is 15.9 Å². The Labute approximate surface area is 129 Å². The van der Waals surface area contributed by atoms with Crippen molar-refractivity contribution in [2.24, 2.45) is 0 Å². The normalized spacial score (nSPS) is 10.4. The molecular weight excluding hydrogens is 347 g/mol. The van der Waals surface area contributed by atoms with Gasteiger partial charge in [0.05, 0.1) is 16.3 Å². The molecule has 0 aliphatic heterocycles. The minimum atomic E-state index is -0.747. The van der Waals surface area contributed by atoms with Crippen molar-refractivity contribution in [3.05, 3.63) is 56.8 Å². The van der Waals surface area contributed by atoms with Crippen LogP contribution >= 0.6 is 27.5 Å². The first-order valence-electron chi connectivity index (χ1n) is 5.71. The summed E-state index contributed by atoms with van der Waals surface area (Å²) in [6.45, 7) is 1.85. The Kier molecular flexibility index (Phi) is 4.30. The number of nitrogens with two attached hydrogens (primary N) is 1. The minimum Gasteiger partial charge on any atom is -0.398 e. The highest BCUT2D eigenvalue weighted by Gasteiger charge is 2.15. The zero-order valence-corrected chi connectivity index (χ0v) is 12.8. The highest BCUT2D eigenvalue weighted by molar-refractivity contribution is 9.10. The molecule has 2 aromatic carbocycles. The lowest BCUT2D eigenvalue weighted by atomic mass is 10.1. The van der Waals surface area contributed by atoms with E-state index in [-0.39, 0.29) is 10.6 Å². The summed E-state index contributed by atoms with van der Waals surface area (Å²) in [4.78, 5) is 12.1. The van der Waals surface area contributed by atoms with Gasteiger partial charge in [-0.1, -0.05) is 17.7 Å². The SMILES string of the molecule is Cc1cc(Br)c(NC(=O)c2cccc(Cl)c2F)cc1N. The number of benzene rings is 2. The van der Waals surface area contributed by atoms with Crippen molar-refractivity contribution < 1.29 is 9.18 Å². The summed E-state index contributed by atoms with van der Waals surface area (Å²) < 4.78 is 14.4. The van der Waals surface area contributed by atoms with E-state index in [0.29, 0.717) is 15.8 Å². The molecule has 0 heterocycles. The van der Waals surface area contributed by atoms with E-state index in [9.17, 15) is 9.18 Å². The van der Waals surface area contributed by atoms with Gasteiger partial charge in [-0.3, -0.25) is 4.79 Å². The third kappa shape index (κ3) is 2.94.